The third kappa shape index (κ3) is 3.44. The number of rotatable bonds is 3. The number of halogens is 3. The van der Waals surface area contributed by atoms with Gasteiger partial charge in [-0.15, -0.1) is 13.2 Å². The van der Waals surface area contributed by atoms with Crippen molar-refractivity contribution in [1.29, 1.82) is 0 Å². The maximum atomic E-state index is 12.3. The van der Waals surface area contributed by atoms with E-state index in [1.807, 2.05) is 30.3 Å². The van der Waals surface area contributed by atoms with Crippen LogP contribution in [0.2, 0.25) is 0 Å². The zero-order valence-electron chi connectivity index (χ0n) is 13.8. The monoisotopic (exact) mass is 370 g/mol. The first-order valence-electron chi connectivity index (χ1n) is 8.07. The second kappa shape index (κ2) is 6.35. The van der Waals surface area contributed by atoms with Crippen molar-refractivity contribution in [1.82, 2.24) is 4.57 Å². The van der Waals surface area contributed by atoms with Crippen LogP contribution in [0.1, 0.15) is 11.3 Å². The summed E-state index contributed by atoms with van der Waals surface area (Å²) < 4.78 is 42.5. The first-order chi connectivity index (χ1) is 12.9. The number of amides is 1. The highest BCUT2D eigenvalue weighted by molar-refractivity contribution is 6.34. The molecule has 1 aliphatic rings. The van der Waals surface area contributed by atoms with E-state index in [1.165, 1.54) is 24.3 Å². The Morgan fingerprint density at radius 3 is 2.44 bits per heavy atom. The quantitative estimate of drug-likeness (QED) is 0.669. The SMILES string of the molecule is O=C1Nc2ccccc2/C1=C/c1cccn1-c1ccc(OC(F)(F)F)cc1. The highest BCUT2D eigenvalue weighted by Crippen LogP contribution is 2.33. The van der Waals surface area contributed by atoms with Crippen molar-refractivity contribution < 1.29 is 22.7 Å². The number of fused-ring (bicyclic) bond motifs is 1. The van der Waals surface area contributed by atoms with Crippen molar-refractivity contribution in [3.05, 3.63) is 78.1 Å². The number of nitrogens with zero attached hydrogens (tertiary/aromatic N) is 1. The zero-order chi connectivity index (χ0) is 19.0. The average molecular weight is 370 g/mol. The van der Waals surface area contributed by atoms with E-state index in [4.69, 9.17) is 0 Å². The molecule has 1 aliphatic heterocycles. The van der Waals surface area contributed by atoms with Crippen LogP contribution in [-0.2, 0) is 4.79 Å². The summed E-state index contributed by atoms with van der Waals surface area (Å²) in [7, 11) is 0. The molecule has 1 N–H and O–H groups in total. The summed E-state index contributed by atoms with van der Waals surface area (Å²) in [6, 6.07) is 16.5. The number of ether oxygens (including phenoxy) is 1. The summed E-state index contributed by atoms with van der Waals surface area (Å²) in [6.45, 7) is 0. The lowest BCUT2D eigenvalue weighted by Crippen LogP contribution is -2.17. The first-order valence-corrected chi connectivity index (χ1v) is 8.07. The highest BCUT2D eigenvalue weighted by Gasteiger charge is 2.31. The standard InChI is InChI=1S/C20H13F3N2O2/c21-20(22,23)27-15-9-7-13(8-10-15)25-11-3-4-14(25)12-17-16-5-1-2-6-18(16)24-19(17)26/h1-12H,(H,24,26)/b17-12-. The van der Waals surface area contributed by atoms with Crippen LogP contribution in [0.15, 0.2) is 66.9 Å². The number of carbonyl (C=O) groups is 1. The van der Waals surface area contributed by atoms with Crippen molar-refractivity contribution in [2.45, 2.75) is 6.36 Å². The molecule has 27 heavy (non-hydrogen) atoms. The number of benzene rings is 2. The Morgan fingerprint density at radius 2 is 1.70 bits per heavy atom. The molecule has 4 rings (SSSR count). The molecule has 0 atom stereocenters. The largest absolute Gasteiger partial charge is 0.573 e. The fourth-order valence-corrected chi connectivity index (χ4v) is 2.99. The fourth-order valence-electron chi connectivity index (χ4n) is 2.99. The maximum Gasteiger partial charge on any atom is 0.573 e. The van der Waals surface area contributed by atoms with Crippen LogP contribution in [0, 0.1) is 0 Å². The molecular weight excluding hydrogens is 357 g/mol. The van der Waals surface area contributed by atoms with Crippen molar-refractivity contribution >= 4 is 23.2 Å². The lowest BCUT2D eigenvalue weighted by molar-refractivity contribution is -0.274. The average Bonchev–Trinajstić information content (AvgIpc) is 3.20. The Morgan fingerprint density at radius 1 is 0.963 bits per heavy atom. The summed E-state index contributed by atoms with van der Waals surface area (Å²) >= 11 is 0. The second-order valence-corrected chi connectivity index (χ2v) is 5.90. The summed E-state index contributed by atoms with van der Waals surface area (Å²) in [5.74, 6) is -0.486. The minimum absolute atomic E-state index is 0.196. The van der Waals surface area contributed by atoms with Crippen LogP contribution < -0.4 is 10.1 Å². The molecule has 1 aromatic heterocycles. The van der Waals surface area contributed by atoms with Gasteiger partial charge in [0, 0.05) is 28.8 Å². The molecule has 2 heterocycles. The number of aromatic nitrogens is 1. The van der Waals surface area contributed by atoms with Crippen LogP contribution >= 0.6 is 0 Å². The number of carbonyl (C=O) groups excluding carboxylic acids is 1. The molecule has 7 heteroatoms. The third-order valence-electron chi connectivity index (χ3n) is 4.13. The van der Waals surface area contributed by atoms with E-state index in [0.29, 0.717) is 11.3 Å². The second-order valence-electron chi connectivity index (χ2n) is 5.90. The Balaban J connectivity index is 1.67. The van der Waals surface area contributed by atoms with E-state index in [9.17, 15) is 18.0 Å². The van der Waals surface area contributed by atoms with Gasteiger partial charge in [0.15, 0.2) is 0 Å². The van der Waals surface area contributed by atoms with Crippen molar-refractivity contribution in [3.8, 4) is 11.4 Å². The molecule has 0 aliphatic carbocycles. The first kappa shape index (κ1) is 17.0. The van der Waals surface area contributed by atoms with Gasteiger partial charge < -0.3 is 14.6 Å². The van der Waals surface area contributed by atoms with E-state index in [1.54, 1.807) is 22.9 Å². The zero-order valence-corrected chi connectivity index (χ0v) is 13.8. The fraction of sp³-hybridized carbons (Fsp3) is 0.0500. The lowest BCUT2D eigenvalue weighted by atomic mass is 10.1. The smallest absolute Gasteiger partial charge is 0.406 e. The molecule has 2 aromatic carbocycles. The summed E-state index contributed by atoms with van der Waals surface area (Å²) in [4.78, 5) is 12.3. The number of hydrogen-bond acceptors (Lipinski definition) is 2. The molecule has 0 saturated carbocycles. The van der Waals surface area contributed by atoms with Crippen LogP contribution in [-0.4, -0.2) is 16.8 Å². The Hall–Kier alpha value is -3.48. The number of anilines is 1. The molecule has 3 aromatic rings. The van der Waals surface area contributed by atoms with Crippen LogP contribution in [0.3, 0.4) is 0 Å². The van der Waals surface area contributed by atoms with Gasteiger partial charge in [0.05, 0.1) is 5.57 Å². The van der Waals surface area contributed by atoms with Crippen LogP contribution in [0.4, 0.5) is 18.9 Å². The molecule has 4 nitrogen and oxygen atoms in total. The summed E-state index contributed by atoms with van der Waals surface area (Å²) in [6.07, 6.45) is -1.21. The predicted molar refractivity (Wildman–Crippen MR) is 95.4 cm³/mol. The van der Waals surface area contributed by atoms with E-state index < -0.39 is 6.36 Å². The van der Waals surface area contributed by atoms with E-state index in [-0.39, 0.29) is 11.7 Å². The van der Waals surface area contributed by atoms with Crippen LogP contribution in [0.5, 0.6) is 5.75 Å². The number of nitrogens with one attached hydrogen (secondary N) is 1. The maximum absolute atomic E-state index is 12.3. The van der Waals surface area contributed by atoms with Gasteiger partial charge in [-0.2, -0.15) is 0 Å². The molecule has 0 fully saturated rings. The Bertz CT molecular complexity index is 1030. The van der Waals surface area contributed by atoms with Gasteiger partial charge in [0.25, 0.3) is 5.91 Å². The van der Waals surface area contributed by atoms with Gasteiger partial charge in [0.2, 0.25) is 0 Å². The molecule has 0 spiro atoms. The molecule has 0 saturated heterocycles. The van der Waals surface area contributed by atoms with Gasteiger partial charge in [0.1, 0.15) is 5.75 Å². The lowest BCUT2D eigenvalue weighted by Gasteiger charge is -2.11. The Labute approximate surface area is 152 Å². The van der Waals surface area contributed by atoms with E-state index in [2.05, 4.69) is 10.1 Å². The third-order valence-corrected chi connectivity index (χ3v) is 4.13. The van der Waals surface area contributed by atoms with E-state index >= 15 is 0 Å². The minimum atomic E-state index is -4.73. The number of para-hydroxylation sites is 1. The summed E-state index contributed by atoms with van der Waals surface area (Å²) in [5, 5.41) is 2.81. The Kier molecular flexibility index (Phi) is 3.99. The van der Waals surface area contributed by atoms with E-state index in [0.717, 1.165) is 16.9 Å². The van der Waals surface area contributed by atoms with Gasteiger partial charge in [-0.1, -0.05) is 18.2 Å². The molecule has 0 radical (unpaired) electrons. The van der Waals surface area contributed by atoms with Crippen molar-refractivity contribution in [3.63, 3.8) is 0 Å². The van der Waals surface area contributed by atoms with Crippen molar-refractivity contribution in [2.24, 2.45) is 0 Å². The minimum Gasteiger partial charge on any atom is -0.406 e. The van der Waals surface area contributed by atoms with Gasteiger partial charge >= 0.3 is 6.36 Å². The highest BCUT2D eigenvalue weighted by atomic mass is 19.4. The van der Waals surface area contributed by atoms with Crippen LogP contribution in [0.25, 0.3) is 17.3 Å². The number of alkyl halides is 3. The predicted octanol–water partition coefficient (Wildman–Crippen LogP) is 4.87. The topological polar surface area (TPSA) is 43.3 Å². The number of hydrogen-bond donors (Lipinski definition) is 1. The molecule has 136 valence electrons. The van der Waals surface area contributed by atoms with Gasteiger partial charge in [-0.25, -0.2) is 0 Å². The molecule has 0 unspecified atom stereocenters. The molecule has 0 bridgehead atoms. The van der Waals surface area contributed by atoms with Gasteiger partial charge in [-0.05, 0) is 48.5 Å². The van der Waals surface area contributed by atoms with Gasteiger partial charge in [-0.3, -0.25) is 4.79 Å². The molecular formula is C20H13F3N2O2. The normalized spacial score (nSPS) is 14.9. The summed E-state index contributed by atoms with van der Waals surface area (Å²) in [5.41, 5.74) is 3.46. The molecule has 1 amide bonds. The van der Waals surface area contributed by atoms with Crippen molar-refractivity contribution in [2.75, 3.05) is 5.32 Å².